The maximum atomic E-state index is 13.0. The molecule has 0 aliphatic carbocycles. The van der Waals surface area contributed by atoms with Gasteiger partial charge in [0.25, 0.3) is 5.56 Å². The normalized spacial score (nSPS) is 11.2. The molecule has 0 amide bonds. The molecule has 1 heterocycles. The maximum absolute atomic E-state index is 13.0. The minimum absolute atomic E-state index is 0.0568. The summed E-state index contributed by atoms with van der Waals surface area (Å²) in [6.45, 7) is 5.94. The standard InChI is InChI=1S/C17H23N3O2S/c1-5-12(6-2)19-16(21)14(13-10-8-7-9-11(13)3)15(18)20(19)17(22)23-4/h7-10,12H,5-6,18H2,1-4H3. The van der Waals surface area contributed by atoms with E-state index in [2.05, 4.69) is 0 Å². The molecule has 0 saturated carbocycles. The lowest BCUT2D eigenvalue weighted by Gasteiger charge is -2.18. The molecule has 124 valence electrons. The summed E-state index contributed by atoms with van der Waals surface area (Å²) in [6.07, 6.45) is 3.21. The zero-order chi connectivity index (χ0) is 17.1. The molecule has 0 spiro atoms. The van der Waals surface area contributed by atoms with E-state index in [0.717, 1.165) is 35.7 Å². The predicted octanol–water partition coefficient (Wildman–Crippen LogP) is 3.90. The molecule has 0 aliphatic heterocycles. The van der Waals surface area contributed by atoms with E-state index in [0.29, 0.717) is 5.56 Å². The van der Waals surface area contributed by atoms with E-state index in [1.54, 1.807) is 6.26 Å². The van der Waals surface area contributed by atoms with Gasteiger partial charge < -0.3 is 5.73 Å². The zero-order valence-electron chi connectivity index (χ0n) is 14.0. The number of hydrogen-bond donors (Lipinski definition) is 1. The summed E-state index contributed by atoms with van der Waals surface area (Å²) < 4.78 is 2.86. The van der Waals surface area contributed by atoms with Crippen LogP contribution in [-0.4, -0.2) is 20.9 Å². The number of anilines is 1. The Balaban J connectivity index is 2.84. The highest BCUT2D eigenvalue weighted by atomic mass is 32.2. The number of thioether (sulfide) groups is 1. The Bertz CT molecular complexity index is 773. The van der Waals surface area contributed by atoms with Gasteiger partial charge in [-0.1, -0.05) is 49.9 Å². The molecule has 0 unspecified atom stereocenters. The molecule has 2 rings (SSSR count). The van der Waals surface area contributed by atoms with E-state index in [4.69, 9.17) is 5.73 Å². The molecule has 0 fully saturated rings. The van der Waals surface area contributed by atoms with Crippen LogP contribution in [0.2, 0.25) is 0 Å². The Morgan fingerprint density at radius 3 is 2.39 bits per heavy atom. The minimum atomic E-state index is -0.244. The number of nitrogens with two attached hydrogens (primary N) is 1. The summed E-state index contributed by atoms with van der Waals surface area (Å²) in [5.74, 6) is 0.218. The van der Waals surface area contributed by atoms with Crippen molar-refractivity contribution in [3.8, 4) is 11.1 Å². The largest absolute Gasteiger partial charge is 0.383 e. The van der Waals surface area contributed by atoms with Crippen molar-refractivity contribution >= 4 is 22.8 Å². The first-order valence-corrected chi connectivity index (χ1v) is 8.97. The number of nitrogens with zero attached hydrogens (tertiary/aromatic N) is 2. The third-order valence-electron chi connectivity index (χ3n) is 4.17. The molecule has 0 saturated heterocycles. The average molecular weight is 333 g/mol. The summed E-state index contributed by atoms with van der Waals surface area (Å²) in [5, 5.41) is -0.244. The Kier molecular flexibility index (Phi) is 5.36. The number of aromatic nitrogens is 2. The molecule has 5 nitrogen and oxygen atoms in total. The fourth-order valence-electron chi connectivity index (χ4n) is 2.88. The first-order chi connectivity index (χ1) is 11.0. The molecule has 23 heavy (non-hydrogen) atoms. The molecule has 2 aromatic rings. The van der Waals surface area contributed by atoms with E-state index < -0.39 is 0 Å². The lowest BCUT2D eigenvalue weighted by Crippen LogP contribution is -2.30. The number of nitrogen functional groups attached to an aromatic ring is 1. The van der Waals surface area contributed by atoms with Crippen LogP contribution in [0.5, 0.6) is 0 Å². The second-order valence-electron chi connectivity index (χ2n) is 5.48. The van der Waals surface area contributed by atoms with Gasteiger partial charge in [-0.15, -0.1) is 0 Å². The van der Waals surface area contributed by atoms with Crippen LogP contribution in [0.3, 0.4) is 0 Å². The van der Waals surface area contributed by atoms with Crippen molar-refractivity contribution in [2.75, 3.05) is 12.0 Å². The second kappa shape index (κ2) is 7.08. The van der Waals surface area contributed by atoms with Crippen LogP contribution < -0.4 is 11.3 Å². The third kappa shape index (κ3) is 2.95. The van der Waals surface area contributed by atoms with E-state index in [1.165, 1.54) is 9.36 Å². The van der Waals surface area contributed by atoms with Crippen molar-refractivity contribution in [3.63, 3.8) is 0 Å². The third-order valence-corrected chi connectivity index (χ3v) is 4.69. The molecular weight excluding hydrogens is 310 g/mol. The molecule has 0 radical (unpaired) electrons. The van der Waals surface area contributed by atoms with Gasteiger partial charge in [0.15, 0.2) is 0 Å². The van der Waals surface area contributed by atoms with Crippen LogP contribution in [0.1, 0.15) is 38.3 Å². The second-order valence-corrected chi connectivity index (χ2v) is 6.23. The van der Waals surface area contributed by atoms with Crippen LogP contribution in [0.15, 0.2) is 29.1 Å². The summed E-state index contributed by atoms with van der Waals surface area (Å²) >= 11 is 1.05. The number of carbonyl (C=O) groups is 1. The Hall–Kier alpha value is -1.95. The monoisotopic (exact) mass is 333 g/mol. The van der Waals surface area contributed by atoms with Gasteiger partial charge in [-0.05, 0) is 37.1 Å². The topological polar surface area (TPSA) is 70.0 Å². The number of aryl methyl sites for hydroxylation is 1. The smallest absolute Gasteiger partial charge is 0.306 e. The van der Waals surface area contributed by atoms with Gasteiger partial charge in [0.05, 0.1) is 11.6 Å². The van der Waals surface area contributed by atoms with Crippen molar-refractivity contribution in [3.05, 3.63) is 40.2 Å². The van der Waals surface area contributed by atoms with Crippen LogP contribution in [0.25, 0.3) is 11.1 Å². The highest BCUT2D eigenvalue weighted by molar-refractivity contribution is 8.13. The molecule has 0 aliphatic rings. The van der Waals surface area contributed by atoms with Crippen LogP contribution in [0.4, 0.5) is 10.6 Å². The van der Waals surface area contributed by atoms with Gasteiger partial charge in [0, 0.05) is 0 Å². The van der Waals surface area contributed by atoms with Gasteiger partial charge in [-0.25, -0.2) is 4.68 Å². The molecule has 1 aromatic heterocycles. The van der Waals surface area contributed by atoms with Gasteiger partial charge >= 0.3 is 5.24 Å². The fraction of sp³-hybridized carbons (Fsp3) is 0.412. The van der Waals surface area contributed by atoms with Gasteiger partial charge in [-0.2, -0.15) is 4.68 Å². The van der Waals surface area contributed by atoms with E-state index in [9.17, 15) is 9.59 Å². The van der Waals surface area contributed by atoms with Gasteiger partial charge in [0.2, 0.25) is 0 Å². The van der Waals surface area contributed by atoms with Crippen molar-refractivity contribution in [1.29, 1.82) is 0 Å². The zero-order valence-corrected chi connectivity index (χ0v) is 14.8. The predicted molar refractivity (Wildman–Crippen MR) is 97.2 cm³/mol. The van der Waals surface area contributed by atoms with E-state index >= 15 is 0 Å². The number of rotatable bonds is 4. The van der Waals surface area contributed by atoms with Crippen LogP contribution in [-0.2, 0) is 0 Å². The summed E-state index contributed by atoms with van der Waals surface area (Å²) in [5.41, 5.74) is 8.19. The maximum Gasteiger partial charge on any atom is 0.306 e. The van der Waals surface area contributed by atoms with Gasteiger partial charge in [-0.3, -0.25) is 9.59 Å². The van der Waals surface area contributed by atoms with Crippen molar-refractivity contribution in [2.45, 2.75) is 39.7 Å². The summed E-state index contributed by atoms with van der Waals surface area (Å²) in [6, 6.07) is 7.53. The molecule has 0 bridgehead atoms. The SMILES string of the molecule is CCC(CC)n1c(=O)c(-c2ccccc2C)c(N)n1C(=O)SC. The van der Waals surface area contributed by atoms with Crippen LogP contribution >= 0.6 is 11.8 Å². The molecule has 1 aromatic carbocycles. The summed E-state index contributed by atoms with van der Waals surface area (Å²) in [4.78, 5) is 25.4. The molecular formula is C17H23N3O2S. The fourth-order valence-corrected chi connectivity index (χ4v) is 3.24. The van der Waals surface area contributed by atoms with E-state index in [-0.39, 0.29) is 22.7 Å². The van der Waals surface area contributed by atoms with Crippen molar-refractivity contribution < 1.29 is 4.79 Å². The molecule has 2 N–H and O–H groups in total. The molecule has 0 atom stereocenters. The number of benzene rings is 1. The van der Waals surface area contributed by atoms with Crippen molar-refractivity contribution in [2.24, 2.45) is 0 Å². The average Bonchev–Trinajstić information content (AvgIpc) is 2.80. The lowest BCUT2D eigenvalue weighted by atomic mass is 10.0. The van der Waals surface area contributed by atoms with Crippen molar-refractivity contribution in [1.82, 2.24) is 9.36 Å². The Morgan fingerprint density at radius 1 is 1.26 bits per heavy atom. The lowest BCUT2D eigenvalue weighted by molar-refractivity contribution is 0.251. The highest BCUT2D eigenvalue weighted by Gasteiger charge is 2.26. The minimum Gasteiger partial charge on any atom is -0.383 e. The Morgan fingerprint density at radius 2 is 1.87 bits per heavy atom. The number of hydrogen-bond acceptors (Lipinski definition) is 4. The van der Waals surface area contributed by atoms with E-state index in [1.807, 2.05) is 45.0 Å². The first kappa shape index (κ1) is 17.4. The van der Waals surface area contributed by atoms with Crippen LogP contribution in [0, 0.1) is 6.92 Å². The quantitative estimate of drug-likeness (QED) is 0.921. The summed E-state index contributed by atoms with van der Waals surface area (Å²) in [7, 11) is 0. The molecule has 6 heteroatoms. The first-order valence-electron chi connectivity index (χ1n) is 7.75. The van der Waals surface area contributed by atoms with Gasteiger partial charge in [0.1, 0.15) is 5.82 Å². The highest BCUT2D eigenvalue weighted by Crippen LogP contribution is 2.29. The Labute approximate surface area is 140 Å². The number of carbonyl (C=O) groups excluding carboxylic acids is 1.